The normalized spacial score (nSPS) is 13.3. The molecule has 6 heteroatoms. The first-order valence-corrected chi connectivity index (χ1v) is 6.85. The van der Waals surface area contributed by atoms with E-state index in [-0.39, 0.29) is 11.9 Å². The van der Waals surface area contributed by atoms with Gasteiger partial charge in [-0.1, -0.05) is 26.0 Å². The van der Waals surface area contributed by atoms with Gasteiger partial charge in [0.15, 0.2) is 0 Å². The number of carbonyl (C=O) groups excluding carboxylic acids is 1. The highest BCUT2D eigenvalue weighted by Gasteiger charge is 2.29. The van der Waals surface area contributed by atoms with Crippen LogP contribution in [0.25, 0.3) is 0 Å². The molecule has 1 unspecified atom stereocenters. The number of nitrogens with one attached hydrogen (secondary N) is 2. The summed E-state index contributed by atoms with van der Waals surface area (Å²) < 4.78 is 37.4. The molecular weight excluding hydrogens is 281 g/mol. The lowest BCUT2D eigenvalue weighted by Gasteiger charge is -2.19. The largest absolute Gasteiger partial charge is 0.416 e. The van der Waals surface area contributed by atoms with E-state index in [9.17, 15) is 18.0 Å². The monoisotopic (exact) mass is 302 g/mol. The Labute approximate surface area is 122 Å². The molecule has 2 N–H and O–H groups in total. The smallest absolute Gasteiger partial charge is 0.358 e. The van der Waals surface area contributed by atoms with Gasteiger partial charge in [-0.2, -0.15) is 13.2 Å². The van der Waals surface area contributed by atoms with E-state index in [0.717, 1.165) is 12.1 Å². The number of hydrogen-bond acceptors (Lipinski definition) is 2. The molecule has 3 nitrogen and oxygen atoms in total. The molecule has 1 aromatic carbocycles. The fourth-order valence-corrected chi connectivity index (χ4v) is 1.98. The number of hydrogen-bond donors (Lipinski definition) is 2. The van der Waals surface area contributed by atoms with Crippen LogP contribution in [0.1, 0.15) is 31.4 Å². The van der Waals surface area contributed by atoms with Crippen LogP contribution in [0.3, 0.4) is 0 Å². The van der Waals surface area contributed by atoms with Gasteiger partial charge in [-0.05, 0) is 30.0 Å². The summed E-state index contributed by atoms with van der Waals surface area (Å²) in [5, 5.41) is 5.67. The zero-order valence-corrected chi connectivity index (χ0v) is 12.4. The minimum atomic E-state index is -4.33. The minimum Gasteiger partial charge on any atom is -0.358 e. The molecule has 0 fully saturated rings. The van der Waals surface area contributed by atoms with Gasteiger partial charge < -0.3 is 10.6 Å². The second-order valence-electron chi connectivity index (χ2n) is 5.37. The summed E-state index contributed by atoms with van der Waals surface area (Å²) in [5.74, 6) is 0.225. The minimum absolute atomic E-state index is 0.115. The molecule has 21 heavy (non-hydrogen) atoms. The van der Waals surface area contributed by atoms with E-state index in [0.29, 0.717) is 24.4 Å². The molecule has 118 valence electrons. The topological polar surface area (TPSA) is 41.1 Å². The second kappa shape index (κ2) is 7.45. The van der Waals surface area contributed by atoms with Crippen molar-refractivity contribution in [2.45, 2.75) is 39.0 Å². The molecular formula is C15H21F3N2O. The number of amides is 1. The van der Waals surface area contributed by atoms with Crippen molar-refractivity contribution in [3.63, 3.8) is 0 Å². The molecule has 0 bridgehead atoms. The Morgan fingerprint density at radius 3 is 2.19 bits per heavy atom. The number of likely N-dealkylation sites (N-methyl/N-ethyl adjacent to an activating group) is 1. The number of benzene rings is 1. The Balaban J connectivity index is 2.65. The molecule has 1 aromatic rings. The van der Waals surface area contributed by atoms with Gasteiger partial charge in [-0.15, -0.1) is 0 Å². The predicted octanol–water partition coefficient (Wildman–Crippen LogP) is 2.96. The van der Waals surface area contributed by atoms with Crippen molar-refractivity contribution in [1.82, 2.24) is 10.6 Å². The number of rotatable bonds is 6. The van der Waals surface area contributed by atoms with E-state index in [1.54, 1.807) is 7.05 Å². The molecule has 0 saturated carbocycles. The molecule has 0 saturated heterocycles. The van der Waals surface area contributed by atoms with Crippen LogP contribution in [-0.4, -0.2) is 19.0 Å². The van der Waals surface area contributed by atoms with E-state index in [1.807, 2.05) is 13.8 Å². The fraction of sp³-hybridized carbons (Fsp3) is 0.533. The standard InChI is InChI=1S/C15H21F3N2O/c1-10(2)8-13(14(21)19-3)20-9-11-4-6-12(7-5-11)15(16,17)18/h4-7,10,13,20H,8-9H2,1-3H3,(H,19,21). The Hall–Kier alpha value is -1.56. The molecule has 1 amide bonds. The number of carbonyl (C=O) groups is 1. The maximum Gasteiger partial charge on any atom is 0.416 e. The Kier molecular flexibility index (Phi) is 6.20. The molecule has 0 radical (unpaired) electrons. The molecule has 0 aliphatic carbocycles. The van der Waals surface area contributed by atoms with Crippen molar-refractivity contribution in [1.29, 1.82) is 0 Å². The summed E-state index contributed by atoms with van der Waals surface area (Å²) in [6, 6.07) is 4.60. The molecule has 0 aliphatic heterocycles. The molecule has 0 aliphatic rings. The summed E-state index contributed by atoms with van der Waals surface area (Å²) in [5.41, 5.74) is 0.0388. The van der Waals surface area contributed by atoms with Crippen molar-refractivity contribution in [2.24, 2.45) is 5.92 Å². The molecule has 0 aromatic heterocycles. The van der Waals surface area contributed by atoms with Crippen molar-refractivity contribution in [3.05, 3.63) is 35.4 Å². The van der Waals surface area contributed by atoms with Crippen LogP contribution in [0, 0.1) is 5.92 Å². The second-order valence-corrected chi connectivity index (χ2v) is 5.37. The molecule has 1 atom stereocenters. The lowest BCUT2D eigenvalue weighted by Crippen LogP contribution is -2.43. The zero-order valence-electron chi connectivity index (χ0n) is 12.4. The van der Waals surface area contributed by atoms with Crippen molar-refractivity contribution in [3.8, 4) is 0 Å². The third-order valence-electron chi connectivity index (χ3n) is 3.10. The van der Waals surface area contributed by atoms with Gasteiger partial charge in [-0.25, -0.2) is 0 Å². The van der Waals surface area contributed by atoms with Crippen LogP contribution >= 0.6 is 0 Å². The Bertz CT molecular complexity index is 455. The van der Waals surface area contributed by atoms with Crippen LogP contribution < -0.4 is 10.6 Å². The van der Waals surface area contributed by atoms with E-state index >= 15 is 0 Å². The van der Waals surface area contributed by atoms with Crippen molar-refractivity contribution in [2.75, 3.05) is 7.05 Å². The van der Waals surface area contributed by atoms with Gasteiger partial charge in [0.1, 0.15) is 0 Å². The number of halogens is 3. The van der Waals surface area contributed by atoms with Gasteiger partial charge in [0.25, 0.3) is 0 Å². The van der Waals surface area contributed by atoms with Crippen molar-refractivity contribution >= 4 is 5.91 Å². The van der Waals surface area contributed by atoms with Gasteiger partial charge >= 0.3 is 6.18 Å². The van der Waals surface area contributed by atoms with Gasteiger partial charge in [-0.3, -0.25) is 4.79 Å². The van der Waals surface area contributed by atoms with Gasteiger partial charge in [0.2, 0.25) is 5.91 Å². The maximum absolute atomic E-state index is 12.5. The fourth-order valence-electron chi connectivity index (χ4n) is 1.98. The maximum atomic E-state index is 12.5. The molecule has 0 spiro atoms. The zero-order chi connectivity index (χ0) is 16.0. The van der Waals surface area contributed by atoms with Crippen LogP contribution in [0.2, 0.25) is 0 Å². The summed E-state index contributed by atoms with van der Waals surface area (Å²) in [4.78, 5) is 11.7. The van der Waals surface area contributed by atoms with Crippen molar-refractivity contribution < 1.29 is 18.0 Å². The van der Waals surface area contributed by atoms with Gasteiger partial charge in [0.05, 0.1) is 11.6 Å². The highest BCUT2D eigenvalue weighted by Crippen LogP contribution is 2.29. The first kappa shape index (κ1) is 17.5. The SMILES string of the molecule is CNC(=O)C(CC(C)C)NCc1ccc(C(F)(F)F)cc1. The molecule has 1 rings (SSSR count). The van der Waals surface area contributed by atoms with E-state index < -0.39 is 11.7 Å². The quantitative estimate of drug-likeness (QED) is 0.848. The summed E-state index contributed by atoms with van der Waals surface area (Å²) in [6.45, 7) is 4.37. The summed E-state index contributed by atoms with van der Waals surface area (Å²) in [7, 11) is 1.56. The lowest BCUT2D eigenvalue weighted by atomic mass is 10.0. The summed E-state index contributed by atoms with van der Waals surface area (Å²) in [6.07, 6.45) is -3.66. The first-order valence-electron chi connectivity index (χ1n) is 6.85. The average Bonchev–Trinajstić information content (AvgIpc) is 2.41. The van der Waals surface area contributed by atoms with Crippen LogP contribution in [-0.2, 0) is 17.5 Å². The lowest BCUT2D eigenvalue weighted by molar-refractivity contribution is -0.137. The Morgan fingerprint density at radius 2 is 1.76 bits per heavy atom. The van der Waals surface area contributed by atoms with Crippen LogP contribution in [0.5, 0.6) is 0 Å². The third-order valence-corrected chi connectivity index (χ3v) is 3.10. The Morgan fingerprint density at radius 1 is 1.19 bits per heavy atom. The van der Waals surface area contributed by atoms with Crippen LogP contribution in [0.15, 0.2) is 24.3 Å². The van der Waals surface area contributed by atoms with Crippen LogP contribution in [0.4, 0.5) is 13.2 Å². The summed E-state index contributed by atoms with van der Waals surface area (Å²) >= 11 is 0. The third kappa shape index (κ3) is 5.75. The van der Waals surface area contributed by atoms with E-state index in [1.165, 1.54) is 12.1 Å². The highest BCUT2D eigenvalue weighted by molar-refractivity contribution is 5.81. The van der Waals surface area contributed by atoms with Gasteiger partial charge in [0, 0.05) is 13.6 Å². The number of alkyl halides is 3. The first-order chi connectivity index (χ1) is 9.74. The van der Waals surface area contributed by atoms with E-state index in [2.05, 4.69) is 10.6 Å². The van der Waals surface area contributed by atoms with E-state index in [4.69, 9.17) is 0 Å². The average molecular weight is 302 g/mol. The predicted molar refractivity (Wildman–Crippen MR) is 75.6 cm³/mol. The molecule has 0 heterocycles. The highest BCUT2D eigenvalue weighted by atomic mass is 19.4.